The highest BCUT2D eigenvalue weighted by molar-refractivity contribution is 7.07. The maximum atomic E-state index is 11.7. The van der Waals surface area contributed by atoms with Gasteiger partial charge in [-0.05, 0) is 12.1 Å². The lowest BCUT2D eigenvalue weighted by Gasteiger charge is -2.04. The lowest BCUT2D eigenvalue weighted by atomic mass is 10.2. The lowest BCUT2D eigenvalue weighted by molar-refractivity contribution is 0.102. The van der Waals surface area contributed by atoms with Crippen molar-refractivity contribution < 1.29 is 4.79 Å². The molecule has 0 aliphatic heterocycles. The first kappa shape index (κ1) is 10.3. The van der Waals surface area contributed by atoms with Crippen molar-refractivity contribution in [1.29, 1.82) is 5.26 Å². The van der Waals surface area contributed by atoms with E-state index in [0.29, 0.717) is 16.9 Å². The average molecular weight is 229 g/mol. The summed E-state index contributed by atoms with van der Waals surface area (Å²) in [6.07, 6.45) is 0. The van der Waals surface area contributed by atoms with Crippen molar-refractivity contribution in [2.24, 2.45) is 0 Å². The van der Waals surface area contributed by atoms with E-state index in [1.54, 1.807) is 35.2 Å². The normalized spacial score (nSPS) is 9.44. The highest BCUT2D eigenvalue weighted by atomic mass is 32.1. The number of aromatic nitrogens is 1. The topological polar surface area (TPSA) is 65.8 Å². The van der Waals surface area contributed by atoms with Crippen LogP contribution in [0.2, 0.25) is 0 Å². The number of amides is 1. The quantitative estimate of drug-likeness (QED) is 0.859. The molecule has 1 amide bonds. The third-order valence-corrected chi connectivity index (χ3v) is 2.55. The van der Waals surface area contributed by atoms with E-state index in [4.69, 9.17) is 5.26 Å². The predicted molar refractivity (Wildman–Crippen MR) is 61.2 cm³/mol. The zero-order chi connectivity index (χ0) is 11.4. The summed E-state index contributed by atoms with van der Waals surface area (Å²) in [6, 6.07) is 8.85. The van der Waals surface area contributed by atoms with Crippen LogP contribution < -0.4 is 5.32 Å². The number of carbonyl (C=O) groups excluding carboxylic acids is 1. The van der Waals surface area contributed by atoms with Crippen molar-refractivity contribution in [1.82, 2.24) is 4.98 Å². The number of rotatable bonds is 2. The Morgan fingerprint density at radius 2 is 2.25 bits per heavy atom. The number of benzene rings is 1. The minimum atomic E-state index is -0.302. The van der Waals surface area contributed by atoms with Crippen LogP contribution in [0, 0.1) is 11.3 Å². The first-order valence-corrected chi connectivity index (χ1v) is 5.44. The van der Waals surface area contributed by atoms with E-state index in [0.717, 1.165) is 0 Å². The molecule has 0 saturated heterocycles. The lowest BCUT2D eigenvalue weighted by Crippen LogP contribution is -2.12. The highest BCUT2D eigenvalue weighted by Gasteiger charge is 2.09. The maximum absolute atomic E-state index is 11.7. The molecule has 1 aromatic heterocycles. The molecule has 0 aliphatic rings. The molecule has 0 unspecified atom stereocenters. The van der Waals surface area contributed by atoms with Crippen LogP contribution in [-0.4, -0.2) is 10.9 Å². The second kappa shape index (κ2) is 4.55. The van der Waals surface area contributed by atoms with Gasteiger partial charge >= 0.3 is 0 Å². The van der Waals surface area contributed by atoms with Crippen LogP contribution in [0.4, 0.5) is 5.69 Å². The third-order valence-electron chi connectivity index (χ3n) is 1.96. The van der Waals surface area contributed by atoms with Crippen molar-refractivity contribution in [3.05, 3.63) is 46.4 Å². The van der Waals surface area contributed by atoms with Gasteiger partial charge in [0.05, 0.1) is 16.8 Å². The molecule has 5 heteroatoms. The van der Waals surface area contributed by atoms with Crippen LogP contribution in [0.1, 0.15) is 16.1 Å². The van der Waals surface area contributed by atoms with E-state index >= 15 is 0 Å². The molecule has 1 N–H and O–H groups in total. The molecular formula is C11H7N3OS. The van der Waals surface area contributed by atoms with Crippen LogP contribution >= 0.6 is 11.3 Å². The molecule has 0 aliphatic carbocycles. The van der Waals surface area contributed by atoms with Gasteiger partial charge in [0, 0.05) is 5.38 Å². The molecule has 0 radical (unpaired) electrons. The summed E-state index contributed by atoms with van der Waals surface area (Å²) in [5, 5.41) is 13.2. The number of thiazole rings is 1. The number of nitrogens with zero attached hydrogens (tertiary/aromatic N) is 2. The average Bonchev–Trinajstić information content (AvgIpc) is 2.83. The third kappa shape index (κ3) is 2.07. The van der Waals surface area contributed by atoms with E-state index in [9.17, 15) is 4.79 Å². The van der Waals surface area contributed by atoms with Gasteiger partial charge in [-0.15, -0.1) is 11.3 Å². The summed E-state index contributed by atoms with van der Waals surface area (Å²) in [4.78, 5) is 15.6. The molecule has 2 aromatic rings. The summed E-state index contributed by atoms with van der Waals surface area (Å²) < 4.78 is 0. The number of nitrogens with one attached hydrogen (secondary N) is 1. The summed E-state index contributed by atoms with van der Waals surface area (Å²) in [5.74, 6) is -0.302. The number of hydrogen-bond acceptors (Lipinski definition) is 4. The van der Waals surface area contributed by atoms with Gasteiger partial charge in [0.25, 0.3) is 5.91 Å². The Labute approximate surface area is 96.2 Å². The van der Waals surface area contributed by atoms with E-state index in [1.807, 2.05) is 6.07 Å². The Hall–Kier alpha value is -2.19. The molecule has 0 atom stereocenters. The van der Waals surface area contributed by atoms with E-state index in [-0.39, 0.29) is 5.91 Å². The Balaban J connectivity index is 2.22. The Morgan fingerprint density at radius 1 is 1.44 bits per heavy atom. The van der Waals surface area contributed by atoms with Gasteiger partial charge in [-0.3, -0.25) is 4.79 Å². The van der Waals surface area contributed by atoms with Crippen LogP contribution in [0.5, 0.6) is 0 Å². The molecule has 0 spiro atoms. The summed E-state index contributed by atoms with van der Waals surface area (Å²) >= 11 is 1.35. The minimum Gasteiger partial charge on any atom is -0.319 e. The number of anilines is 1. The molecule has 0 saturated carbocycles. The fourth-order valence-electron chi connectivity index (χ4n) is 1.20. The van der Waals surface area contributed by atoms with Crippen molar-refractivity contribution >= 4 is 22.9 Å². The largest absolute Gasteiger partial charge is 0.319 e. The van der Waals surface area contributed by atoms with Crippen LogP contribution in [-0.2, 0) is 0 Å². The predicted octanol–water partition coefficient (Wildman–Crippen LogP) is 2.27. The van der Waals surface area contributed by atoms with Crippen LogP contribution in [0.3, 0.4) is 0 Å². The van der Waals surface area contributed by atoms with Gasteiger partial charge in [-0.25, -0.2) is 4.98 Å². The molecular weight excluding hydrogens is 222 g/mol. The first-order valence-electron chi connectivity index (χ1n) is 4.50. The Morgan fingerprint density at radius 3 is 2.94 bits per heavy atom. The number of hydrogen-bond donors (Lipinski definition) is 1. The van der Waals surface area contributed by atoms with Gasteiger partial charge in [0.2, 0.25) is 0 Å². The van der Waals surface area contributed by atoms with Gasteiger partial charge in [-0.2, -0.15) is 5.26 Å². The van der Waals surface area contributed by atoms with Crippen LogP contribution in [0.15, 0.2) is 35.2 Å². The van der Waals surface area contributed by atoms with E-state index in [2.05, 4.69) is 10.3 Å². The molecule has 0 fully saturated rings. The van der Waals surface area contributed by atoms with Gasteiger partial charge in [-0.1, -0.05) is 12.1 Å². The van der Waals surface area contributed by atoms with E-state index in [1.165, 1.54) is 11.3 Å². The number of carbonyl (C=O) groups is 1. The zero-order valence-electron chi connectivity index (χ0n) is 8.18. The van der Waals surface area contributed by atoms with Gasteiger partial charge in [0.15, 0.2) is 0 Å². The van der Waals surface area contributed by atoms with Crippen LogP contribution in [0.25, 0.3) is 0 Å². The number of nitriles is 1. The van der Waals surface area contributed by atoms with E-state index < -0.39 is 0 Å². The monoisotopic (exact) mass is 229 g/mol. The fourth-order valence-corrected chi connectivity index (χ4v) is 1.73. The molecule has 1 aromatic carbocycles. The summed E-state index contributed by atoms with van der Waals surface area (Å²) in [6.45, 7) is 0. The Bertz CT molecular complexity index is 543. The summed E-state index contributed by atoms with van der Waals surface area (Å²) in [7, 11) is 0. The van der Waals surface area contributed by atoms with Crippen molar-refractivity contribution in [2.45, 2.75) is 0 Å². The minimum absolute atomic E-state index is 0.302. The number of para-hydroxylation sites is 1. The second-order valence-corrected chi connectivity index (χ2v) is 3.70. The molecule has 16 heavy (non-hydrogen) atoms. The van der Waals surface area contributed by atoms with Crippen molar-refractivity contribution in [3.8, 4) is 6.07 Å². The maximum Gasteiger partial charge on any atom is 0.275 e. The smallest absolute Gasteiger partial charge is 0.275 e. The fraction of sp³-hybridized carbons (Fsp3) is 0. The molecule has 4 nitrogen and oxygen atoms in total. The molecule has 78 valence electrons. The standard InChI is InChI=1S/C11H7N3OS/c12-5-8-3-1-2-4-9(8)14-11(15)10-6-16-7-13-10/h1-4,6-7H,(H,14,15). The van der Waals surface area contributed by atoms with Crippen molar-refractivity contribution in [2.75, 3.05) is 5.32 Å². The molecule has 2 rings (SSSR count). The zero-order valence-corrected chi connectivity index (χ0v) is 8.99. The van der Waals surface area contributed by atoms with Gasteiger partial charge < -0.3 is 5.32 Å². The SMILES string of the molecule is N#Cc1ccccc1NC(=O)c1cscn1. The Kier molecular flexibility index (Phi) is 2.94. The molecule has 0 bridgehead atoms. The summed E-state index contributed by atoms with van der Waals surface area (Å²) in [5.41, 5.74) is 2.89. The second-order valence-electron chi connectivity index (χ2n) is 2.99. The van der Waals surface area contributed by atoms with Gasteiger partial charge in [0.1, 0.15) is 11.8 Å². The highest BCUT2D eigenvalue weighted by Crippen LogP contribution is 2.14. The first-order chi connectivity index (χ1) is 7.81. The van der Waals surface area contributed by atoms with Crippen molar-refractivity contribution in [3.63, 3.8) is 0 Å². The molecule has 1 heterocycles.